The minimum Gasteiger partial charge on any atom is -0.482 e. The minimum absolute atomic E-state index is 0.0377. The second kappa shape index (κ2) is 9.20. The van der Waals surface area contributed by atoms with Crippen LogP contribution in [0.2, 0.25) is 0 Å². The van der Waals surface area contributed by atoms with Crippen LogP contribution in [-0.4, -0.2) is 36.9 Å². The number of ether oxygens (including phenoxy) is 2. The predicted octanol–water partition coefficient (Wildman–Crippen LogP) is 2.51. The molecule has 1 fully saturated rings. The molecule has 0 saturated heterocycles. The molecule has 2 atom stereocenters. The van der Waals surface area contributed by atoms with Crippen molar-refractivity contribution in [1.29, 1.82) is 0 Å². The Morgan fingerprint density at radius 1 is 1.08 bits per heavy atom. The predicted molar refractivity (Wildman–Crippen MR) is 92.5 cm³/mol. The quantitative estimate of drug-likeness (QED) is 0.605. The zero-order valence-electron chi connectivity index (χ0n) is 14.7. The molecule has 25 heavy (non-hydrogen) atoms. The van der Waals surface area contributed by atoms with Gasteiger partial charge in [0.05, 0.1) is 0 Å². The molecule has 1 amide bonds. The highest BCUT2D eigenvalue weighted by Crippen LogP contribution is 2.23. The van der Waals surface area contributed by atoms with E-state index in [0.29, 0.717) is 17.2 Å². The zero-order chi connectivity index (χ0) is 18.2. The Labute approximate surface area is 147 Å². The van der Waals surface area contributed by atoms with Crippen molar-refractivity contribution in [2.45, 2.75) is 45.6 Å². The maximum atomic E-state index is 11.9. The lowest BCUT2D eigenvalue weighted by atomic mass is 9.86. The number of rotatable bonds is 7. The van der Waals surface area contributed by atoms with Gasteiger partial charge in [0.2, 0.25) is 0 Å². The van der Waals surface area contributed by atoms with E-state index >= 15 is 0 Å². The molecule has 1 aliphatic carbocycles. The third-order valence-electron chi connectivity index (χ3n) is 4.44. The molecule has 1 aromatic carbocycles. The van der Waals surface area contributed by atoms with E-state index in [1.165, 1.54) is 13.3 Å². The standard InChI is InChI=1S/C19H25NO5/c1-13-5-3-4-6-17(13)20-18(22)11-25-19(23)12-24-16-9-7-15(8-10-16)14(2)21/h7-10,13,17H,3-6,11-12H2,1-2H3,(H,20,22)/t13-,17-/m1/s1. The zero-order valence-corrected chi connectivity index (χ0v) is 14.7. The second-order valence-electron chi connectivity index (χ2n) is 6.47. The molecule has 0 radical (unpaired) electrons. The summed E-state index contributed by atoms with van der Waals surface area (Å²) in [5.74, 6) is -0.0122. The highest BCUT2D eigenvalue weighted by atomic mass is 16.6. The molecule has 0 spiro atoms. The van der Waals surface area contributed by atoms with Gasteiger partial charge in [0.25, 0.3) is 5.91 Å². The van der Waals surface area contributed by atoms with Crippen molar-refractivity contribution >= 4 is 17.7 Å². The number of Topliss-reactive ketones (excluding diaryl/α,β-unsaturated/α-hetero) is 1. The van der Waals surface area contributed by atoms with Gasteiger partial charge in [-0.15, -0.1) is 0 Å². The number of hydrogen-bond donors (Lipinski definition) is 1. The summed E-state index contributed by atoms with van der Waals surface area (Å²) < 4.78 is 10.2. The van der Waals surface area contributed by atoms with Crippen LogP contribution in [0.5, 0.6) is 5.75 Å². The van der Waals surface area contributed by atoms with E-state index in [-0.39, 0.29) is 30.9 Å². The van der Waals surface area contributed by atoms with E-state index < -0.39 is 5.97 Å². The summed E-state index contributed by atoms with van der Waals surface area (Å²) >= 11 is 0. The van der Waals surface area contributed by atoms with E-state index in [1.807, 2.05) is 0 Å². The van der Waals surface area contributed by atoms with Crippen LogP contribution in [-0.2, 0) is 14.3 Å². The van der Waals surface area contributed by atoms with Crippen molar-refractivity contribution in [2.75, 3.05) is 13.2 Å². The summed E-state index contributed by atoms with van der Waals surface area (Å²) in [6.45, 7) is 3.02. The van der Waals surface area contributed by atoms with Crippen LogP contribution >= 0.6 is 0 Å². The number of hydrogen-bond acceptors (Lipinski definition) is 5. The summed E-state index contributed by atoms with van der Waals surface area (Å²) in [6, 6.07) is 6.64. The van der Waals surface area contributed by atoms with Crippen LogP contribution in [0, 0.1) is 5.92 Å². The molecule has 0 bridgehead atoms. The molecular weight excluding hydrogens is 322 g/mol. The fourth-order valence-electron chi connectivity index (χ4n) is 2.89. The Morgan fingerprint density at radius 2 is 1.76 bits per heavy atom. The number of esters is 1. The van der Waals surface area contributed by atoms with E-state index in [2.05, 4.69) is 12.2 Å². The van der Waals surface area contributed by atoms with E-state index in [0.717, 1.165) is 19.3 Å². The monoisotopic (exact) mass is 347 g/mol. The molecular formula is C19H25NO5. The molecule has 0 heterocycles. The Kier molecular flexibility index (Phi) is 6.98. The third-order valence-corrected chi connectivity index (χ3v) is 4.44. The van der Waals surface area contributed by atoms with Gasteiger partial charge >= 0.3 is 5.97 Å². The van der Waals surface area contributed by atoms with Crippen molar-refractivity contribution < 1.29 is 23.9 Å². The highest BCUT2D eigenvalue weighted by molar-refractivity contribution is 5.94. The number of nitrogens with one attached hydrogen (secondary N) is 1. The van der Waals surface area contributed by atoms with Crippen LogP contribution in [0.1, 0.15) is 49.9 Å². The largest absolute Gasteiger partial charge is 0.482 e. The SMILES string of the molecule is CC(=O)c1ccc(OCC(=O)OCC(=O)N[C@@H]2CCCC[C@H]2C)cc1. The molecule has 136 valence electrons. The van der Waals surface area contributed by atoms with Crippen molar-refractivity contribution in [3.05, 3.63) is 29.8 Å². The third kappa shape index (κ3) is 6.21. The van der Waals surface area contributed by atoms with Gasteiger partial charge in [-0.2, -0.15) is 0 Å². The van der Waals surface area contributed by atoms with E-state index in [4.69, 9.17) is 9.47 Å². The second-order valence-corrected chi connectivity index (χ2v) is 6.47. The first-order valence-electron chi connectivity index (χ1n) is 8.64. The van der Waals surface area contributed by atoms with Crippen LogP contribution in [0.15, 0.2) is 24.3 Å². The van der Waals surface area contributed by atoms with Crippen molar-refractivity contribution in [1.82, 2.24) is 5.32 Å². The number of benzene rings is 1. The molecule has 6 heteroatoms. The summed E-state index contributed by atoms with van der Waals surface area (Å²) in [6.07, 6.45) is 4.40. The normalized spacial score (nSPS) is 19.8. The van der Waals surface area contributed by atoms with Crippen molar-refractivity contribution in [3.63, 3.8) is 0 Å². The number of amides is 1. The number of ketones is 1. The number of carbonyl (C=O) groups excluding carboxylic acids is 3. The van der Waals surface area contributed by atoms with Gasteiger partial charge in [-0.3, -0.25) is 9.59 Å². The Morgan fingerprint density at radius 3 is 2.40 bits per heavy atom. The lowest BCUT2D eigenvalue weighted by Gasteiger charge is -2.29. The Bertz CT molecular complexity index is 611. The van der Waals surface area contributed by atoms with Gasteiger partial charge in [0, 0.05) is 11.6 Å². The van der Waals surface area contributed by atoms with Gasteiger partial charge in [-0.1, -0.05) is 19.8 Å². The molecule has 6 nitrogen and oxygen atoms in total. The maximum Gasteiger partial charge on any atom is 0.344 e. The summed E-state index contributed by atoms with van der Waals surface area (Å²) in [7, 11) is 0. The van der Waals surface area contributed by atoms with Crippen LogP contribution in [0.25, 0.3) is 0 Å². The lowest BCUT2D eigenvalue weighted by molar-refractivity contribution is -0.150. The van der Waals surface area contributed by atoms with Crippen LogP contribution in [0.4, 0.5) is 0 Å². The lowest BCUT2D eigenvalue weighted by Crippen LogP contribution is -2.43. The van der Waals surface area contributed by atoms with Gasteiger partial charge < -0.3 is 14.8 Å². The first-order chi connectivity index (χ1) is 12.0. The topological polar surface area (TPSA) is 81.7 Å². The van der Waals surface area contributed by atoms with Crippen LogP contribution in [0.3, 0.4) is 0 Å². The van der Waals surface area contributed by atoms with Crippen molar-refractivity contribution in [2.24, 2.45) is 5.92 Å². The van der Waals surface area contributed by atoms with E-state index in [9.17, 15) is 14.4 Å². The van der Waals surface area contributed by atoms with Crippen molar-refractivity contribution in [3.8, 4) is 5.75 Å². The van der Waals surface area contributed by atoms with Crippen LogP contribution < -0.4 is 10.1 Å². The minimum atomic E-state index is -0.609. The molecule has 0 unspecified atom stereocenters. The molecule has 1 aliphatic rings. The summed E-state index contributed by atoms with van der Waals surface area (Å²) in [4.78, 5) is 34.7. The molecule has 1 N–H and O–H groups in total. The smallest absolute Gasteiger partial charge is 0.344 e. The van der Waals surface area contributed by atoms with Gasteiger partial charge in [-0.05, 0) is 49.9 Å². The molecule has 1 saturated carbocycles. The molecule has 0 aliphatic heterocycles. The highest BCUT2D eigenvalue weighted by Gasteiger charge is 2.23. The molecule has 2 rings (SSSR count). The fourth-order valence-corrected chi connectivity index (χ4v) is 2.89. The fraction of sp³-hybridized carbons (Fsp3) is 0.526. The van der Waals surface area contributed by atoms with Gasteiger partial charge in [-0.25, -0.2) is 4.79 Å². The summed E-state index contributed by atoms with van der Waals surface area (Å²) in [5.41, 5.74) is 0.573. The number of carbonyl (C=O) groups is 3. The molecule has 0 aromatic heterocycles. The summed E-state index contributed by atoms with van der Waals surface area (Å²) in [5, 5.41) is 2.93. The average Bonchev–Trinajstić information content (AvgIpc) is 2.60. The first-order valence-corrected chi connectivity index (χ1v) is 8.64. The average molecular weight is 347 g/mol. The van der Waals surface area contributed by atoms with Gasteiger partial charge in [0.15, 0.2) is 19.0 Å². The Hall–Kier alpha value is -2.37. The maximum absolute atomic E-state index is 11.9. The van der Waals surface area contributed by atoms with Gasteiger partial charge in [0.1, 0.15) is 5.75 Å². The van der Waals surface area contributed by atoms with E-state index in [1.54, 1.807) is 24.3 Å². The molecule has 1 aromatic rings. The Balaban J connectivity index is 1.67. The first kappa shape index (κ1) is 19.0.